The summed E-state index contributed by atoms with van der Waals surface area (Å²) in [5.74, 6) is -0.0787. The van der Waals surface area contributed by atoms with Crippen LogP contribution in [0.1, 0.15) is 38.7 Å². The number of hydrogen-bond donors (Lipinski definition) is 3. The monoisotopic (exact) mass is 349 g/mol. The van der Waals surface area contributed by atoms with Gasteiger partial charge in [-0.1, -0.05) is 0 Å². The summed E-state index contributed by atoms with van der Waals surface area (Å²) in [5, 5.41) is 5.49. The van der Waals surface area contributed by atoms with Crippen LogP contribution in [0.25, 0.3) is 6.08 Å². The van der Waals surface area contributed by atoms with Crippen molar-refractivity contribution in [2.24, 2.45) is 0 Å². The van der Waals surface area contributed by atoms with Gasteiger partial charge in [-0.25, -0.2) is 13.1 Å². The lowest BCUT2D eigenvalue weighted by atomic mass is 10.1. The van der Waals surface area contributed by atoms with Gasteiger partial charge in [0.05, 0.1) is 5.25 Å². The van der Waals surface area contributed by atoms with E-state index >= 15 is 0 Å². The molecule has 1 heterocycles. The second-order valence-corrected chi connectivity index (χ2v) is 8.22. The Morgan fingerprint density at radius 1 is 1.29 bits per heavy atom. The molecular formula is C17H23N3O3S. The van der Waals surface area contributed by atoms with Gasteiger partial charge in [0.1, 0.15) is 0 Å². The maximum Gasteiger partial charge on any atom is 0.224 e. The lowest BCUT2D eigenvalue weighted by molar-refractivity contribution is -0.116. The number of anilines is 2. The van der Waals surface area contributed by atoms with Crippen LogP contribution >= 0.6 is 0 Å². The zero-order valence-corrected chi connectivity index (χ0v) is 14.7. The Balaban J connectivity index is 1.73. The molecule has 0 atom stereocenters. The van der Waals surface area contributed by atoms with E-state index in [9.17, 15) is 13.2 Å². The van der Waals surface area contributed by atoms with E-state index in [-0.39, 0.29) is 5.91 Å². The number of benzene rings is 1. The van der Waals surface area contributed by atoms with Crippen LogP contribution in [0.3, 0.4) is 0 Å². The predicted octanol–water partition coefficient (Wildman–Crippen LogP) is 2.67. The van der Waals surface area contributed by atoms with E-state index in [1.165, 1.54) is 0 Å². The molecular weight excluding hydrogens is 326 g/mol. The molecule has 0 saturated heterocycles. The SMILES string of the molecule is CC(C)S(=O)(=O)NCCCCC(=O)Nc1ccc2c(c1)C=C=CN2. The molecule has 1 aromatic rings. The maximum absolute atomic E-state index is 12.0. The normalized spacial score (nSPS) is 12.8. The minimum atomic E-state index is -3.22. The van der Waals surface area contributed by atoms with Crippen molar-refractivity contribution < 1.29 is 13.2 Å². The van der Waals surface area contributed by atoms with Crippen LogP contribution < -0.4 is 15.4 Å². The number of fused-ring (bicyclic) bond motifs is 1. The standard InChI is InChI=1S/C17H23N3O3S/c1-13(2)24(22,23)19-11-4-3-7-17(21)20-15-8-9-16-14(12-15)6-5-10-18-16/h6,8-10,12-13,18-19H,3-4,7,11H2,1-2H3,(H,20,21). The third kappa shape index (κ3) is 5.23. The number of sulfonamides is 1. The Kier molecular flexibility index (Phi) is 6.20. The summed E-state index contributed by atoms with van der Waals surface area (Å²) in [6.45, 7) is 3.62. The van der Waals surface area contributed by atoms with E-state index < -0.39 is 15.3 Å². The van der Waals surface area contributed by atoms with E-state index in [0.717, 1.165) is 16.9 Å². The van der Waals surface area contributed by atoms with Gasteiger partial charge in [0.25, 0.3) is 0 Å². The van der Waals surface area contributed by atoms with Crippen molar-refractivity contribution in [1.29, 1.82) is 0 Å². The highest BCUT2D eigenvalue weighted by atomic mass is 32.2. The molecule has 0 unspecified atom stereocenters. The molecule has 3 N–H and O–H groups in total. The van der Waals surface area contributed by atoms with Gasteiger partial charge in [-0.2, -0.15) is 0 Å². The highest BCUT2D eigenvalue weighted by molar-refractivity contribution is 7.90. The van der Waals surface area contributed by atoms with Crippen LogP contribution in [-0.2, 0) is 14.8 Å². The fourth-order valence-electron chi connectivity index (χ4n) is 2.16. The Hall–Kier alpha value is -2.08. The molecule has 2 rings (SSSR count). The number of carbonyl (C=O) groups is 1. The summed E-state index contributed by atoms with van der Waals surface area (Å²) in [7, 11) is -3.22. The number of nitrogens with one attached hydrogen (secondary N) is 3. The molecule has 0 fully saturated rings. The zero-order valence-electron chi connectivity index (χ0n) is 13.9. The van der Waals surface area contributed by atoms with Gasteiger partial charge in [0.2, 0.25) is 15.9 Å². The molecule has 0 bridgehead atoms. The van der Waals surface area contributed by atoms with E-state index in [1.54, 1.807) is 20.0 Å². The highest BCUT2D eigenvalue weighted by Crippen LogP contribution is 2.23. The number of amides is 1. The summed E-state index contributed by atoms with van der Waals surface area (Å²) in [6, 6.07) is 5.63. The molecule has 1 aliphatic rings. The first-order valence-corrected chi connectivity index (χ1v) is 9.53. The molecule has 0 spiro atoms. The van der Waals surface area contributed by atoms with Crippen LogP contribution in [0, 0.1) is 0 Å². The number of unbranched alkanes of at least 4 members (excludes halogenated alkanes) is 1. The van der Waals surface area contributed by atoms with Gasteiger partial charge >= 0.3 is 0 Å². The van der Waals surface area contributed by atoms with Crippen LogP contribution in [0.5, 0.6) is 0 Å². The summed E-state index contributed by atoms with van der Waals surface area (Å²) >= 11 is 0. The quantitative estimate of drug-likeness (QED) is 0.497. The van der Waals surface area contributed by atoms with Crippen LogP contribution in [0.2, 0.25) is 0 Å². The summed E-state index contributed by atoms with van der Waals surface area (Å²) < 4.78 is 25.7. The molecule has 1 amide bonds. The second kappa shape index (κ2) is 8.15. The van der Waals surface area contributed by atoms with E-state index in [1.807, 2.05) is 24.3 Å². The molecule has 130 valence electrons. The van der Waals surface area contributed by atoms with Gasteiger partial charge in [0.15, 0.2) is 0 Å². The van der Waals surface area contributed by atoms with Crippen molar-refractivity contribution in [1.82, 2.24) is 4.72 Å². The summed E-state index contributed by atoms with van der Waals surface area (Å²) in [5.41, 5.74) is 5.64. The third-order valence-electron chi connectivity index (χ3n) is 3.64. The minimum absolute atomic E-state index is 0.0787. The molecule has 6 nitrogen and oxygen atoms in total. The maximum atomic E-state index is 12.0. The fraction of sp³-hybridized carbons (Fsp3) is 0.412. The Labute approximate surface area is 143 Å². The number of carbonyl (C=O) groups excluding carboxylic acids is 1. The van der Waals surface area contributed by atoms with Gasteiger partial charge in [-0.3, -0.25) is 4.79 Å². The smallest absolute Gasteiger partial charge is 0.224 e. The number of hydrogen-bond acceptors (Lipinski definition) is 4. The average molecular weight is 349 g/mol. The topological polar surface area (TPSA) is 87.3 Å². The van der Waals surface area contributed by atoms with Crippen molar-refractivity contribution in [2.45, 2.75) is 38.4 Å². The first-order valence-electron chi connectivity index (χ1n) is 7.98. The van der Waals surface area contributed by atoms with Crippen molar-refractivity contribution >= 4 is 33.4 Å². The Bertz CT molecular complexity index is 763. The fourth-order valence-corrected chi connectivity index (χ4v) is 2.92. The molecule has 7 heteroatoms. The first-order chi connectivity index (χ1) is 11.4. The molecule has 0 saturated carbocycles. The second-order valence-electron chi connectivity index (χ2n) is 5.90. The molecule has 1 aliphatic heterocycles. The third-order valence-corrected chi connectivity index (χ3v) is 5.49. The summed E-state index contributed by atoms with van der Waals surface area (Å²) in [4.78, 5) is 12.0. The Morgan fingerprint density at radius 2 is 2.08 bits per heavy atom. The van der Waals surface area contributed by atoms with Gasteiger partial charge in [-0.15, -0.1) is 5.73 Å². The van der Waals surface area contributed by atoms with Crippen LogP contribution in [-0.4, -0.2) is 26.1 Å². The highest BCUT2D eigenvalue weighted by Gasteiger charge is 2.14. The average Bonchev–Trinajstić information content (AvgIpc) is 2.54. The largest absolute Gasteiger partial charge is 0.355 e. The Morgan fingerprint density at radius 3 is 2.83 bits per heavy atom. The molecule has 24 heavy (non-hydrogen) atoms. The van der Waals surface area contributed by atoms with Crippen molar-refractivity contribution in [2.75, 3.05) is 17.2 Å². The first kappa shape index (κ1) is 18.3. The van der Waals surface area contributed by atoms with E-state index in [2.05, 4.69) is 21.1 Å². The number of rotatable bonds is 8. The van der Waals surface area contributed by atoms with Crippen molar-refractivity contribution in [3.8, 4) is 0 Å². The van der Waals surface area contributed by atoms with Crippen LogP contribution in [0.4, 0.5) is 11.4 Å². The summed E-state index contributed by atoms with van der Waals surface area (Å²) in [6.07, 6.45) is 5.19. The lowest BCUT2D eigenvalue weighted by Crippen LogP contribution is -2.31. The minimum Gasteiger partial charge on any atom is -0.355 e. The molecule has 1 aromatic carbocycles. The van der Waals surface area contributed by atoms with Gasteiger partial charge in [0, 0.05) is 36.1 Å². The lowest BCUT2D eigenvalue weighted by Gasteiger charge is -2.11. The van der Waals surface area contributed by atoms with Crippen LogP contribution in [0.15, 0.2) is 30.1 Å². The molecule has 0 aromatic heterocycles. The zero-order chi connectivity index (χ0) is 17.6. The molecule has 0 radical (unpaired) electrons. The van der Waals surface area contributed by atoms with Crippen molar-refractivity contribution in [3.63, 3.8) is 0 Å². The van der Waals surface area contributed by atoms with Gasteiger partial charge < -0.3 is 10.6 Å². The predicted molar refractivity (Wildman–Crippen MR) is 97.2 cm³/mol. The van der Waals surface area contributed by atoms with E-state index in [0.29, 0.717) is 25.8 Å². The van der Waals surface area contributed by atoms with Crippen molar-refractivity contribution in [3.05, 3.63) is 35.7 Å². The molecule has 0 aliphatic carbocycles. The van der Waals surface area contributed by atoms with Gasteiger partial charge in [-0.05, 0) is 51.0 Å². The van der Waals surface area contributed by atoms with E-state index in [4.69, 9.17) is 0 Å².